The predicted octanol–water partition coefficient (Wildman–Crippen LogP) is 1.66. The van der Waals surface area contributed by atoms with E-state index in [0.29, 0.717) is 0 Å². The van der Waals surface area contributed by atoms with Gasteiger partial charge in [-0.3, -0.25) is 0 Å². The average Bonchev–Trinajstić information content (AvgIpc) is 1.90. The van der Waals surface area contributed by atoms with Crippen molar-refractivity contribution in [2.24, 2.45) is 0 Å². The Hall–Kier alpha value is 0.710. The van der Waals surface area contributed by atoms with Crippen LogP contribution >= 0.6 is 30.8 Å². The summed E-state index contributed by atoms with van der Waals surface area (Å²) in [7, 11) is -2.36. The molecule has 0 aromatic rings. The van der Waals surface area contributed by atoms with Gasteiger partial charge in [0.2, 0.25) is 0 Å². The van der Waals surface area contributed by atoms with E-state index in [9.17, 15) is 4.57 Å². The molecule has 2 N–H and O–H groups in total. The smallest absolute Gasteiger partial charge is 0.317 e. The maximum absolute atomic E-state index is 9.52. The van der Waals surface area contributed by atoms with Gasteiger partial charge in [0, 0.05) is 4.57 Å². The molecule has 11 heavy (non-hydrogen) atoms. The van der Waals surface area contributed by atoms with E-state index in [1.54, 1.807) is 0 Å². The molecular formula is C5H14INO3P+. The molecule has 0 radical (unpaired) electrons. The number of halogens is 1. The van der Waals surface area contributed by atoms with Gasteiger partial charge < -0.3 is 5.32 Å². The molecule has 0 fully saturated rings. The molecular weight excluding hydrogens is 280 g/mol. The van der Waals surface area contributed by atoms with Gasteiger partial charge in [-0.05, 0) is 35.7 Å². The zero-order chi connectivity index (χ0) is 9.11. The van der Waals surface area contributed by atoms with Crippen molar-refractivity contribution < 1.29 is 14.0 Å². The van der Waals surface area contributed by atoms with Crippen molar-refractivity contribution in [3.8, 4) is 0 Å². The van der Waals surface area contributed by atoms with Crippen LogP contribution in [0.1, 0.15) is 13.8 Å². The fourth-order valence-corrected chi connectivity index (χ4v) is 1.09. The summed E-state index contributed by atoms with van der Waals surface area (Å²) in [6, 6.07) is 0. The van der Waals surface area contributed by atoms with Crippen molar-refractivity contribution >= 4 is 30.8 Å². The Morgan fingerprint density at radius 3 is 2.00 bits per heavy atom. The Balaban J connectivity index is 0. The summed E-state index contributed by atoms with van der Waals surface area (Å²) in [6.07, 6.45) is 0. The standard InChI is InChI=1S/C4H11N.CH2IO3P/c1-3-5-4-2;2-1-5-6(3)4/h5H,3-4H2,1-2H3;1H2/p+1. The zero-order valence-corrected chi connectivity index (χ0v) is 9.76. The van der Waals surface area contributed by atoms with Crippen LogP contribution in [0.2, 0.25) is 0 Å². The lowest BCUT2D eigenvalue weighted by molar-refractivity contribution is 0.338. The first kappa shape index (κ1) is 14.2. The molecule has 0 spiro atoms. The molecule has 6 heteroatoms. The highest BCUT2D eigenvalue weighted by atomic mass is 127. The molecule has 0 saturated heterocycles. The number of hydrogen-bond donors (Lipinski definition) is 2. The Kier molecular flexibility index (Phi) is 17.2. The second kappa shape index (κ2) is 13.3. The molecule has 0 saturated carbocycles. The van der Waals surface area contributed by atoms with Gasteiger partial charge in [0.25, 0.3) is 0 Å². The predicted molar refractivity (Wildman–Crippen MR) is 54.0 cm³/mol. The summed E-state index contributed by atoms with van der Waals surface area (Å²) in [5.74, 6) is 0. The third-order valence-electron chi connectivity index (χ3n) is 0.659. The Bertz CT molecular complexity index is 91.8. The topological polar surface area (TPSA) is 58.6 Å². The summed E-state index contributed by atoms with van der Waals surface area (Å²) < 4.78 is 13.9. The number of alkyl halides is 1. The Labute approximate surface area is 81.8 Å². The first-order valence-electron chi connectivity index (χ1n) is 3.24. The van der Waals surface area contributed by atoms with E-state index >= 15 is 0 Å². The molecule has 0 rings (SSSR count). The molecule has 4 nitrogen and oxygen atoms in total. The molecule has 0 amide bonds. The third kappa shape index (κ3) is 24.9. The average molecular weight is 294 g/mol. The first-order chi connectivity index (χ1) is 5.18. The van der Waals surface area contributed by atoms with E-state index in [2.05, 4.69) is 23.7 Å². The van der Waals surface area contributed by atoms with E-state index in [0.717, 1.165) is 13.1 Å². The van der Waals surface area contributed by atoms with Crippen LogP contribution in [0.4, 0.5) is 0 Å². The van der Waals surface area contributed by atoms with Crippen molar-refractivity contribution in [2.45, 2.75) is 13.8 Å². The SMILES string of the molecule is CCNCC.O=[P+](O)OCI. The fourth-order valence-electron chi connectivity index (χ4n) is 0.292. The van der Waals surface area contributed by atoms with E-state index in [-0.39, 0.29) is 4.61 Å². The summed E-state index contributed by atoms with van der Waals surface area (Å²) in [4.78, 5) is 7.83. The van der Waals surface area contributed by atoms with Gasteiger partial charge in [-0.15, -0.1) is 9.42 Å². The number of nitrogens with one attached hydrogen (secondary N) is 1. The molecule has 0 aromatic heterocycles. The number of hydrogen-bond acceptors (Lipinski definition) is 3. The maximum Gasteiger partial charge on any atom is 0.695 e. The maximum atomic E-state index is 9.52. The van der Waals surface area contributed by atoms with Crippen molar-refractivity contribution in [1.29, 1.82) is 0 Å². The highest BCUT2D eigenvalue weighted by Crippen LogP contribution is 2.14. The molecule has 0 aromatic carbocycles. The Morgan fingerprint density at radius 1 is 1.55 bits per heavy atom. The van der Waals surface area contributed by atoms with Crippen LogP contribution < -0.4 is 5.32 Å². The van der Waals surface area contributed by atoms with Gasteiger partial charge in [0.05, 0.1) is 0 Å². The minimum Gasteiger partial charge on any atom is -0.317 e. The van der Waals surface area contributed by atoms with Gasteiger partial charge in [-0.2, -0.15) is 0 Å². The zero-order valence-electron chi connectivity index (χ0n) is 6.71. The lowest BCUT2D eigenvalue weighted by Gasteiger charge is -1.86. The van der Waals surface area contributed by atoms with Crippen LogP contribution in [0.3, 0.4) is 0 Å². The monoisotopic (exact) mass is 294 g/mol. The molecule has 0 heterocycles. The van der Waals surface area contributed by atoms with Crippen molar-refractivity contribution in [2.75, 3.05) is 17.7 Å². The van der Waals surface area contributed by atoms with Gasteiger partial charge >= 0.3 is 8.25 Å². The largest absolute Gasteiger partial charge is 0.695 e. The van der Waals surface area contributed by atoms with Gasteiger partial charge in [0.15, 0.2) is 4.61 Å². The quantitative estimate of drug-likeness (QED) is 0.470. The normalized spacial score (nSPS) is 10.0. The van der Waals surface area contributed by atoms with Crippen LogP contribution in [0.25, 0.3) is 0 Å². The molecule has 0 aliphatic rings. The third-order valence-corrected chi connectivity index (χ3v) is 1.81. The molecule has 0 aliphatic heterocycles. The van der Waals surface area contributed by atoms with E-state index in [4.69, 9.17) is 4.89 Å². The lowest BCUT2D eigenvalue weighted by atomic mass is 10.7. The second-order valence-electron chi connectivity index (χ2n) is 1.43. The van der Waals surface area contributed by atoms with Crippen molar-refractivity contribution in [3.63, 3.8) is 0 Å². The molecule has 0 aliphatic carbocycles. The summed E-state index contributed by atoms with van der Waals surface area (Å²) in [6.45, 7) is 6.39. The van der Waals surface area contributed by atoms with Crippen LogP contribution in [-0.2, 0) is 9.09 Å². The number of rotatable bonds is 4. The van der Waals surface area contributed by atoms with Crippen LogP contribution in [0, 0.1) is 0 Å². The van der Waals surface area contributed by atoms with Crippen LogP contribution in [0.15, 0.2) is 0 Å². The molecule has 0 bridgehead atoms. The van der Waals surface area contributed by atoms with E-state index in [1.807, 2.05) is 22.6 Å². The van der Waals surface area contributed by atoms with Gasteiger partial charge in [0.1, 0.15) is 0 Å². The van der Waals surface area contributed by atoms with Gasteiger partial charge in [-0.25, -0.2) is 0 Å². The lowest BCUT2D eigenvalue weighted by Crippen LogP contribution is -2.09. The van der Waals surface area contributed by atoms with E-state index < -0.39 is 8.25 Å². The fraction of sp³-hybridized carbons (Fsp3) is 1.00. The van der Waals surface area contributed by atoms with Gasteiger partial charge in [-0.1, -0.05) is 13.8 Å². The van der Waals surface area contributed by atoms with Crippen molar-refractivity contribution in [1.82, 2.24) is 5.32 Å². The minimum absolute atomic E-state index is 0.267. The second-order valence-corrected chi connectivity index (χ2v) is 2.79. The van der Waals surface area contributed by atoms with Crippen LogP contribution in [-0.4, -0.2) is 22.6 Å². The van der Waals surface area contributed by atoms with E-state index in [1.165, 1.54) is 0 Å². The minimum atomic E-state index is -2.36. The van der Waals surface area contributed by atoms with Crippen LogP contribution in [0.5, 0.6) is 0 Å². The highest BCUT2D eigenvalue weighted by Gasteiger charge is 2.07. The summed E-state index contributed by atoms with van der Waals surface area (Å²) in [5, 5.41) is 3.11. The first-order valence-corrected chi connectivity index (χ1v) is 5.90. The highest BCUT2D eigenvalue weighted by molar-refractivity contribution is 14.1. The summed E-state index contributed by atoms with van der Waals surface area (Å²) in [5.41, 5.74) is 0. The van der Waals surface area contributed by atoms with Crippen molar-refractivity contribution in [3.05, 3.63) is 0 Å². The molecule has 1 unspecified atom stereocenters. The summed E-state index contributed by atoms with van der Waals surface area (Å²) >= 11 is 1.84. The molecule has 1 atom stereocenters. The molecule has 68 valence electrons. The Morgan fingerprint density at radius 2 is 2.00 bits per heavy atom.